The van der Waals surface area contributed by atoms with Crippen LogP contribution >= 0.6 is 0 Å². The molecule has 6 aromatic heterocycles. The number of hydrogen-bond donors (Lipinski definition) is 0. The van der Waals surface area contributed by atoms with Gasteiger partial charge in [0.2, 0.25) is 0 Å². The zero-order chi connectivity index (χ0) is 83.2. The van der Waals surface area contributed by atoms with Crippen LogP contribution in [0.3, 0.4) is 0 Å². The fourth-order valence-corrected chi connectivity index (χ4v) is 20.0. The summed E-state index contributed by atoms with van der Waals surface area (Å²) in [4.78, 5) is 31.4. The van der Waals surface area contributed by atoms with E-state index in [-0.39, 0.29) is 11.4 Å². The van der Waals surface area contributed by atoms with E-state index in [0.717, 1.165) is 156 Å². The Morgan fingerprint density at radius 3 is 0.508 bits per heavy atom. The van der Waals surface area contributed by atoms with Gasteiger partial charge in [-0.25, -0.2) is 9.59 Å². The summed E-state index contributed by atoms with van der Waals surface area (Å²) < 4.78 is 16.6. The minimum Gasteiger partial charge on any atom is -0.309 e. The van der Waals surface area contributed by atoms with E-state index in [0.29, 0.717) is 22.7 Å². The average Bonchev–Trinajstić information content (AvgIpc) is 1.61. The highest BCUT2D eigenvalue weighted by molar-refractivity contribution is 6.13. The molecule has 126 heavy (non-hydrogen) atoms. The lowest BCUT2D eigenvalue weighted by molar-refractivity contribution is 0.914. The molecule has 0 bridgehead atoms. The van der Waals surface area contributed by atoms with E-state index < -0.39 is 0 Å². The van der Waals surface area contributed by atoms with Crippen molar-refractivity contribution in [2.75, 3.05) is 0 Å². The van der Waals surface area contributed by atoms with Crippen molar-refractivity contribution in [2.24, 2.45) is 0 Å². The molecule has 0 spiro atoms. The van der Waals surface area contributed by atoms with Crippen molar-refractivity contribution in [3.05, 3.63) is 470 Å². The van der Waals surface area contributed by atoms with Gasteiger partial charge in [-0.2, -0.15) is 0 Å². The van der Waals surface area contributed by atoms with Crippen molar-refractivity contribution in [2.45, 2.75) is 0 Å². The number of nitrogens with zero attached hydrogens (tertiary/aromatic N) is 8. The van der Waals surface area contributed by atoms with E-state index in [4.69, 9.17) is 0 Å². The first kappa shape index (κ1) is 71.8. The summed E-state index contributed by atoms with van der Waals surface area (Å²) in [5, 5.41) is 9.70. The highest BCUT2D eigenvalue weighted by Gasteiger charge is 2.24. The van der Waals surface area contributed by atoms with Crippen LogP contribution in [0.5, 0.6) is 0 Å². The first-order valence-corrected chi connectivity index (χ1v) is 42.8. The minimum atomic E-state index is -0.245. The highest BCUT2D eigenvalue weighted by Crippen LogP contribution is 2.43. The third kappa shape index (κ3) is 11.5. The number of fused-ring (bicyclic) bond motifs is 14. The van der Waals surface area contributed by atoms with Crippen molar-refractivity contribution < 1.29 is 0 Å². The molecule has 0 aliphatic heterocycles. The van der Waals surface area contributed by atoms with Gasteiger partial charge in [-0.1, -0.05) is 249 Å². The molecule has 0 amide bonds. The zero-order valence-corrected chi connectivity index (χ0v) is 68.1. The molecule has 0 radical (unpaired) electrons. The lowest BCUT2D eigenvalue weighted by atomic mass is 9.93. The number of para-hydroxylation sites is 12. The first-order valence-electron chi connectivity index (χ1n) is 42.8. The summed E-state index contributed by atoms with van der Waals surface area (Å²) in [6, 6.07) is 159. The fraction of sp³-hybridized carbons (Fsp3) is 0. The summed E-state index contributed by atoms with van der Waals surface area (Å²) in [5.41, 5.74) is 31.2. The van der Waals surface area contributed by atoms with Gasteiger partial charge in [-0.3, -0.25) is 18.3 Å². The SMILES string of the molecule is O=c1n(-c2ccc(-c3cc(-c4cccc(-n5c6ccccc6c6ccccc65)c4)cc(-c4cccc(-n5c6ccccc6c6ccccc65)c4)c3)cc2)c2ccccc2n1-c1cccc(-n2c(=O)n(-c3ccc(-c4cc(-c5cccc(-n6c7ccccc7c7ccccc76)c5)cc(-c5cccc(-n6c7ccccc7c7ccccc76)c5)c4)cc3)c3ccccc32)c1. The standard InChI is InChI=1S/C116H74N8O2/c125-115-121(87-60-56-75(57-61-87)81-64-83(77-26-21-30-89(70-77)117-103-44-9-1-36-95(103)96-37-2-10-45-104(96)117)68-84(65-81)78-27-22-31-90(71-78)118-105-46-11-3-38-97(105)98-39-4-12-47-106(98)118)111-52-17-19-54-113(111)123(115)93-34-25-35-94(74-93)124-114-55-20-18-53-112(114)122(116(124)126)88-62-58-76(59-63-88)82-66-85(79-28-23-32-91(72-79)119-107-48-13-5-40-99(107)100-41-6-14-49-108(100)119)69-86(67-82)80-29-24-33-92(73-80)120-109-50-15-7-42-101(109)102-43-8-16-51-110(102)120/h1-74H. The molecule has 590 valence electrons. The topological polar surface area (TPSA) is 73.6 Å². The molecule has 19 aromatic carbocycles. The van der Waals surface area contributed by atoms with Gasteiger partial charge in [0.05, 0.1) is 88.9 Å². The highest BCUT2D eigenvalue weighted by atomic mass is 16.2. The van der Waals surface area contributed by atoms with Crippen molar-refractivity contribution in [1.82, 2.24) is 36.5 Å². The van der Waals surface area contributed by atoms with Crippen LogP contribution in [0.1, 0.15) is 0 Å². The van der Waals surface area contributed by atoms with Crippen molar-refractivity contribution in [1.29, 1.82) is 0 Å². The molecule has 0 atom stereocenters. The van der Waals surface area contributed by atoms with E-state index in [1.807, 2.05) is 72.8 Å². The second-order valence-corrected chi connectivity index (χ2v) is 32.8. The maximum absolute atomic E-state index is 15.7. The molecule has 10 heteroatoms. The van der Waals surface area contributed by atoms with Crippen LogP contribution in [-0.4, -0.2) is 36.5 Å². The normalized spacial score (nSPS) is 11.9. The Bertz CT molecular complexity index is 7840. The smallest absolute Gasteiger partial charge is 0.309 e. The number of imidazole rings is 2. The van der Waals surface area contributed by atoms with Crippen LogP contribution in [-0.2, 0) is 0 Å². The Labute approximate surface area is 723 Å². The molecule has 0 N–H and O–H groups in total. The Balaban J connectivity index is 0.568. The maximum Gasteiger partial charge on any atom is 0.338 e. The van der Waals surface area contributed by atoms with E-state index >= 15 is 9.59 Å². The predicted molar refractivity (Wildman–Crippen MR) is 521 cm³/mol. The van der Waals surface area contributed by atoms with Crippen LogP contribution in [0.25, 0.3) is 222 Å². The zero-order valence-electron chi connectivity index (χ0n) is 68.1. The van der Waals surface area contributed by atoms with E-state index in [2.05, 4.69) is 394 Å². The first-order chi connectivity index (χ1) is 62.3. The Morgan fingerprint density at radius 2 is 0.286 bits per heavy atom. The average molecular weight is 1610 g/mol. The third-order valence-corrected chi connectivity index (χ3v) is 25.7. The maximum atomic E-state index is 15.7. The summed E-state index contributed by atoms with van der Waals surface area (Å²) in [6.45, 7) is 0. The fourth-order valence-electron chi connectivity index (χ4n) is 20.0. The summed E-state index contributed by atoms with van der Waals surface area (Å²) in [7, 11) is 0. The molecule has 10 nitrogen and oxygen atoms in total. The summed E-state index contributed by atoms with van der Waals surface area (Å²) in [6.07, 6.45) is 0. The second-order valence-electron chi connectivity index (χ2n) is 32.8. The molecule has 6 heterocycles. The quantitative estimate of drug-likeness (QED) is 0.109. The monoisotopic (exact) mass is 1610 g/mol. The van der Waals surface area contributed by atoms with Crippen molar-refractivity contribution >= 4 is 109 Å². The van der Waals surface area contributed by atoms with Crippen LogP contribution in [0, 0.1) is 0 Å². The van der Waals surface area contributed by atoms with Crippen LogP contribution < -0.4 is 11.4 Å². The van der Waals surface area contributed by atoms with Gasteiger partial charge in [-0.15, -0.1) is 0 Å². The molecule has 0 saturated heterocycles. The molecule has 0 saturated carbocycles. The Kier molecular flexibility index (Phi) is 16.4. The summed E-state index contributed by atoms with van der Waals surface area (Å²) >= 11 is 0. The molecule has 25 aromatic rings. The lowest BCUT2D eigenvalue weighted by Crippen LogP contribution is -2.23. The van der Waals surface area contributed by atoms with Crippen LogP contribution in [0.4, 0.5) is 0 Å². The van der Waals surface area contributed by atoms with Gasteiger partial charge in [0.15, 0.2) is 0 Å². The molecule has 0 unspecified atom stereocenters. The van der Waals surface area contributed by atoms with Gasteiger partial charge >= 0.3 is 11.4 Å². The number of rotatable bonds is 14. The van der Waals surface area contributed by atoms with Gasteiger partial charge < -0.3 is 18.3 Å². The molecule has 0 aliphatic carbocycles. The van der Waals surface area contributed by atoms with E-state index in [9.17, 15) is 0 Å². The second kappa shape index (κ2) is 28.8. The van der Waals surface area contributed by atoms with Crippen molar-refractivity contribution in [3.63, 3.8) is 0 Å². The Morgan fingerprint density at radius 1 is 0.111 bits per heavy atom. The summed E-state index contributed by atoms with van der Waals surface area (Å²) in [5.74, 6) is 0. The molecular weight excluding hydrogens is 1540 g/mol. The van der Waals surface area contributed by atoms with E-state index in [1.165, 1.54) is 43.1 Å². The van der Waals surface area contributed by atoms with Crippen LogP contribution in [0.15, 0.2) is 459 Å². The molecule has 0 aliphatic rings. The third-order valence-electron chi connectivity index (χ3n) is 25.7. The molecule has 25 rings (SSSR count). The van der Waals surface area contributed by atoms with Crippen LogP contribution in [0.2, 0.25) is 0 Å². The predicted octanol–water partition coefficient (Wildman–Crippen LogP) is 28.3. The van der Waals surface area contributed by atoms with Crippen molar-refractivity contribution in [3.8, 4) is 112 Å². The molecule has 0 fully saturated rings. The number of benzene rings is 19. The van der Waals surface area contributed by atoms with Gasteiger partial charge in [0.1, 0.15) is 0 Å². The van der Waals surface area contributed by atoms with E-state index in [1.54, 1.807) is 18.3 Å². The molecular formula is C116H74N8O2. The van der Waals surface area contributed by atoms with Gasteiger partial charge in [0, 0.05) is 65.8 Å². The van der Waals surface area contributed by atoms with Gasteiger partial charge in [-0.05, 0) is 267 Å². The van der Waals surface area contributed by atoms with Gasteiger partial charge in [0.25, 0.3) is 0 Å². The number of hydrogen-bond acceptors (Lipinski definition) is 2. The largest absolute Gasteiger partial charge is 0.338 e. The minimum absolute atomic E-state index is 0.245. The number of aromatic nitrogens is 8. The lowest BCUT2D eigenvalue weighted by Gasteiger charge is -2.15. The Hall–Kier alpha value is -17.1.